The molecule has 0 saturated carbocycles. The summed E-state index contributed by atoms with van der Waals surface area (Å²) in [5.74, 6) is 2.43. The first-order valence-electron chi connectivity index (χ1n) is 4.55. The highest BCUT2D eigenvalue weighted by Gasteiger charge is 1.96. The van der Waals surface area contributed by atoms with E-state index in [2.05, 4.69) is 59.8 Å². The first kappa shape index (κ1) is 11.4. The molecule has 0 aliphatic carbocycles. The van der Waals surface area contributed by atoms with E-state index in [1.807, 2.05) is 11.8 Å². The van der Waals surface area contributed by atoms with Crippen molar-refractivity contribution in [2.24, 2.45) is 0 Å². The third kappa shape index (κ3) is 5.57. The molecule has 0 N–H and O–H groups in total. The van der Waals surface area contributed by atoms with E-state index < -0.39 is 0 Å². The zero-order valence-electron chi connectivity index (χ0n) is 7.87. The second kappa shape index (κ2) is 6.71. The van der Waals surface area contributed by atoms with Gasteiger partial charge in [0.15, 0.2) is 0 Å². The summed E-state index contributed by atoms with van der Waals surface area (Å²) < 4.78 is 0.806. The topological polar surface area (TPSA) is 0 Å². The van der Waals surface area contributed by atoms with Gasteiger partial charge in [0.1, 0.15) is 0 Å². The minimum atomic E-state index is 0.806. The van der Waals surface area contributed by atoms with Crippen LogP contribution in [-0.2, 0) is 5.75 Å². The number of alkyl halides is 1. The van der Waals surface area contributed by atoms with Crippen molar-refractivity contribution in [1.82, 2.24) is 0 Å². The lowest BCUT2D eigenvalue weighted by atomic mass is 10.2. The Kier molecular flexibility index (Phi) is 5.87. The molecule has 0 amide bonds. The van der Waals surface area contributed by atoms with Gasteiger partial charge < -0.3 is 0 Å². The van der Waals surface area contributed by atoms with Gasteiger partial charge in [0.2, 0.25) is 0 Å². The molecule has 0 heterocycles. The Hall–Kier alpha value is 0.300. The molecule has 0 spiro atoms. The molecule has 72 valence electrons. The van der Waals surface area contributed by atoms with Gasteiger partial charge >= 0.3 is 0 Å². The standard InChI is InChI=1S/C11H15IS/c1-10(12)7-8-13-9-11-5-3-2-4-6-11/h2-6,10H,7-9H2,1H3. The van der Waals surface area contributed by atoms with Crippen LogP contribution < -0.4 is 0 Å². The molecular weight excluding hydrogens is 291 g/mol. The number of rotatable bonds is 5. The van der Waals surface area contributed by atoms with Crippen LogP contribution in [0.2, 0.25) is 0 Å². The Morgan fingerprint density at radius 2 is 2.00 bits per heavy atom. The van der Waals surface area contributed by atoms with Crippen LogP contribution in [-0.4, -0.2) is 9.68 Å². The summed E-state index contributed by atoms with van der Waals surface area (Å²) in [5.41, 5.74) is 1.44. The van der Waals surface area contributed by atoms with Crippen LogP contribution in [0.1, 0.15) is 18.9 Å². The van der Waals surface area contributed by atoms with Crippen LogP contribution in [0.5, 0.6) is 0 Å². The minimum absolute atomic E-state index is 0.806. The molecule has 0 nitrogen and oxygen atoms in total. The number of thioether (sulfide) groups is 1. The van der Waals surface area contributed by atoms with Gasteiger partial charge in [-0.05, 0) is 17.7 Å². The highest BCUT2D eigenvalue weighted by Crippen LogP contribution is 2.15. The zero-order chi connectivity index (χ0) is 9.52. The molecule has 1 rings (SSSR count). The van der Waals surface area contributed by atoms with E-state index in [1.165, 1.54) is 17.7 Å². The number of hydrogen-bond donors (Lipinski definition) is 0. The molecule has 0 aliphatic heterocycles. The summed E-state index contributed by atoms with van der Waals surface area (Å²) in [6, 6.07) is 10.7. The highest BCUT2D eigenvalue weighted by molar-refractivity contribution is 14.1. The third-order valence-corrected chi connectivity index (χ3v) is 3.46. The summed E-state index contributed by atoms with van der Waals surface area (Å²) in [7, 11) is 0. The predicted octanol–water partition coefficient (Wildman–Crippen LogP) is 4.13. The lowest BCUT2D eigenvalue weighted by molar-refractivity contribution is 0.949. The molecule has 13 heavy (non-hydrogen) atoms. The molecule has 1 aromatic carbocycles. The van der Waals surface area contributed by atoms with Crippen molar-refractivity contribution in [3.63, 3.8) is 0 Å². The molecular formula is C11H15IS. The van der Waals surface area contributed by atoms with Crippen molar-refractivity contribution in [2.45, 2.75) is 23.0 Å². The molecule has 0 fully saturated rings. The fourth-order valence-electron chi connectivity index (χ4n) is 1.01. The second-order valence-electron chi connectivity index (χ2n) is 3.11. The molecule has 1 aromatic rings. The van der Waals surface area contributed by atoms with Gasteiger partial charge in [-0.15, -0.1) is 0 Å². The quantitative estimate of drug-likeness (QED) is 0.448. The van der Waals surface area contributed by atoms with Gasteiger partial charge in [0.25, 0.3) is 0 Å². The molecule has 2 heteroatoms. The smallest absolute Gasteiger partial charge is 0.0184 e. The van der Waals surface area contributed by atoms with Gasteiger partial charge in [0, 0.05) is 9.68 Å². The van der Waals surface area contributed by atoms with Crippen LogP contribution in [0.15, 0.2) is 30.3 Å². The average molecular weight is 306 g/mol. The van der Waals surface area contributed by atoms with Gasteiger partial charge in [-0.1, -0.05) is 59.8 Å². The van der Waals surface area contributed by atoms with E-state index in [1.54, 1.807) is 0 Å². The lowest BCUT2D eigenvalue weighted by Crippen LogP contribution is -1.92. The fourth-order valence-corrected chi connectivity index (χ4v) is 2.84. The monoisotopic (exact) mass is 306 g/mol. The van der Waals surface area contributed by atoms with Crippen LogP contribution in [0.4, 0.5) is 0 Å². The van der Waals surface area contributed by atoms with E-state index in [-0.39, 0.29) is 0 Å². The maximum atomic E-state index is 2.48. The third-order valence-electron chi connectivity index (χ3n) is 1.77. The largest absolute Gasteiger partial charge is 0.157 e. The first-order valence-corrected chi connectivity index (χ1v) is 6.95. The molecule has 1 atom stereocenters. The van der Waals surface area contributed by atoms with Crippen molar-refractivity contribution >= 4 is 34.4 Å². The van der Waals surface area contributed by atoms with E-state index >= 15 is 0 Å². The van der Waals surface area contributed by atoms with Crippen LogP contribution in [0.25, 0.3) is 0 Å². The first-order chi connectivity index (χ1) is 6.29. The van der Waals surface area contributed by atoms with Crippen LogP contribution in [0, 0.1) is 0 Å². The lowest BCUT2D eigenvalue weighted by Gasteiger charge is -2.03. The summed E-state index contributed by atoms with van der Waals surface area (Å²) >= 11 is 4.51. The van der Waals surface area contributed by atoms with Crippen molar-refractivity contribution in [3.05, 3.63) is 35.9 Å². The van der Waals surface area contributed by atoms with Gasteiger partial charge in [-0.3, -0.25) is 0 Å². The average Bonchev–Trinajstić information content (AvgIpc) is 2.14. The number of benzene rings is 1. The molecule has 0 aromatic heterocycles. The van der Waals surface area contributed by atoms with Gasteiger partial charge in [0.05, 0.1) is 0 Å². The van der Waals surface area contributed by atoms with Crippen molar-refractivity contribution < 1.29 is 0 Å². The normalized spacial score (nSPS) is 12.8. The van der Waals surface area contributed by atoms with Crippen molar-refractivity contribution in [3.8, 4) is 0 Å². The molecule has 1 unspecified atom stereocenters. The predicted molar refractivity (Wildman–Crippen MR) is 70.7 cm³/mol. The summed E-state index contributed by atoms with van der Waals surface area (Å²) in [6.45, 7) is 2.27. The maximum absolute atomic E-state index is 2.48. The zero-order valence-corrected chi connectivity index (χ0v) is 10.8. The molecule has 0 saturated heterocycles. The van der Waals surface area contributed by atoms with Crippen LogP contribution >= 0.6 is 34.4 Å². The Labute approximate surface area is 98.6 Å². The highest BCUT2D eigenvalue weighted by atomic mass is 127. The van der Waals surface area contributed by atoms with Crippen LogP contribution in [0.3, 0.4) is 0 Å². The Bertz CT molecular complexity index is 221. The molecule has 0 radical (unpaired) electrons. The summed E-state index contributed by atoms with van der Waals surface area (Å²) in [5, 5.41) is 0. The van der Waals surface area contributed by atoms with E-state index in [0.717, 1.165) is 9.68 Å². The fraction of sp³-hybridized carbons (Fsp3) is 0.455. The Morgan fingerprint density at radius 3 is 2.62 bits per heavy atom. The maximum Gasteiger partial charge on any atom is 0.0184 e. The Balaban J connectivity index is 2.13. The van der Waals surface area contributed by atoms with E-state index in [4.69, 9.17) is 0 Å². The number of hydrogen-bond acceptors (Lipinski definition) is 1. The van der Waals surface area contributed by atoms with Gasteiger partial charge in [-0.2, -0.15) is 11.8 Å². The second-order valence-corrected chi connectivity index (χ2v) is 6.34. The minimum Gasteiger partial charge on any atom is -0.157 e. The molecule has 0 aliphatic rings. The summed E-state index contributed by atoms with van der Waals surface area (Å²) in [4.78, 5) is 0. The Morgan fingerprint density at radius 1 is 1.31 bits per heavy atom. The summed E-state index contributed by atoms with van der Waals surface area (Å²) in [6.07, 6.45) is 1.32. The number of halogens is 1. The van der Waals surface area contributed by atoms with Crippen molar-refractivity contribution in [2.75, 3.05) is 5.75 Å². The van der Waals surface area contributed by atoms with E-state index in [0.29, 0.717) is 0 Å². The molecule has 0 bridgehead atoms. The van der Waals surface area contributed by atoms with E-state index in [9.17, 15) is 0 Å². The SMILES string of the molecule is CC(I)CCSCc1ccccc1. The van der Waals surface area contributed by atoms with Gasteiger partial charge in [-0.25, -0.2) is 0 Å². The van der Waals surface area contributed by atoms with Crippen molar-refractivity contribution in [1.29, 1.82) is 0 Å².